The lowest BCUT2D eigenvalue weighted by atomic mass is 9.89. The number of alkyl halides is 1. The molecular formula is C17H15Cl3. The van der Waals surface area contributed by atoms with Gasteiger partial charge in [-0.25, -0.2) is 0 Å². The fraction of sp³-hybridized carbons (Fsp3) is 0.294. The normalized spacial score (nSPS) is 15.8. The quantitative estimate of drug-likeness (QED) is 0.577. The van der Waals surface area contributed by atoms with Gasteiger partial charge in [0, 0.05) is 10.0 Å². The Morgan fingerprint density at radius 3 is 2.40 bits per heavy atom. The SMILES string of the molecule is Clc1ccc(Cl)c(C(Cl)c2ccc3c(c2)CCCC3)c1. The molecule has 1 aliphatic carbocycles. The van der Waals surface area contributed by atoms with Gasteiger partial charge >= 0.3 is 0 Å². The number of fused-ring (bicyclic) bond motifs is 1. The van der Waals surface area contributed by atoms with Crippen molar-refractivity contribution in [3.8, 4) is 0 Å². The average Bonchev–Trinajstić information content (AvgIpc) is 2.48. The van der Waals surface area contributed by atoms with E-state index in [4.69, 9.17) is 34.8 Å². The molecule has 0 nitrogen and oxygen atoms in total. The van der Waals surface area contributed by atoms with Crippen LogP contribution in [0, 0.1) is 0 Å². The third-order valence-electron chi connectivity index (χ3n) is 3.90. The Kier molecular flexibility index (Phi) is 4.26. The van der Waals surface area contributed by atoms with E-state index in [9.17, 15) is 0 Å². The van der Waals surface area contributed by atoms with Crippen LogP contribution in [0.1, 0.15) is 40.5 Å². The second-order valence-electron chi connectivity index (χ2n) is 5.26. The first-order valence-electron chi connectivity index (χ1n) is 6.86. The predicted octanol–water partition coefficient (Wildman–Crippen LogP) is 6.20. The summed E-state index contributed by atoms with van der Waals surface area (Å²) in [6.45, 7) is 0. The van der Waals surface area contributed by atoms with Crippen molar-refractivity contribution >= 4 is 34.8 Å². The van der Waals surface area contributed by atoms with Crippen LogP contribution in [0.15, 0.2) is 36.4 Å². The molecule has 0 aliphatic heterocycles. The molecule has 1 atom stereocenters. The largest absolute Gasteiger partial charge is 0.113 e. The summed E-state index contributed by atoms with van der Waals surface area (Å²) in [7, 11) is 0. The summed E-state index contributed by atoms with van der Waals surface area (Å²) in [5.74, 6) is 0. The lowest BCUT2D eigenvalue weighted by Gasteiger charge is -2.19. The van der Waals surface area contributed by atoms with E-state index >= 15 is 0 Å². The minimum atomic E-state index is -0.256. The predicted molar refractivity (Wildman–Crippen MR) is 87.2 cm³/mol. The Morgan fingerprint density at radius 2 is 1.60 bits per heavy atom. The van der Waals surface area contributed by atoms with E-state index in [-0.39, 0.29) is 5.38 Å². The van der Waals surface area contributed by atoms with Crippen LogP contribution in [0.5, 0.6) is 0 Å². The molecule has 0 N–H and O–H groups in total. The molecule has 1 unspecified atom stereocenters. The molecule has 1 aliphatic rings. The van der Waals surface area contributed by atoms with Crippen LogP contribution in [0.25, 0.3) is 0 Å². The molecule has 0 spiro atoms. The van der Waals surface area contributed by atoms with Crippen LogP contribution in [-0.4, -0.2) is 0 Å². The molecule has 0 aromatic heterocycles. The smallest absolute Gasteiger partial charge is 0.0850 e. The second kappa shape index (κ2) is 5.97. The van der Waals surface area contributed by atoms with Gasteiger partial charge in [-0.1, -0.05) is 41.4 Å². The van der Waals surface area contributed by atoms with Gasteiger partial charge in [0.1, 0.15) is 0 Å². The molecule has 2 aromatic rings. The molecule has 0 heterocycles. The Labute approximate surface area is 134 Å². The van der Waals surface area contributed by atoms with Gasteiger partial charge in [0.15, 0.2) is 0 Å². The van der Waals surface area contributed by atoms with Gasteiger partial charge in [-0.3, -0.25) is 0 Å². The van der Waals surface area contributed by atoms with Crippen LogP contribution in [0.2, 0.25) is 10.0 Å². The zero-order valence-electron chi connectivity index (χ0n) is 11.0. The fourth-order valence-corrected chi connectivity index (χ4v) is 3.58. The first kappa shape index (κ1) is 14.3. The number of benzene rings is 2. The van der Waals surface area contributed by atoms with Crippen molar-refractivity contribution in [1.29, 1.82) is 0 Å². The first-order valence-corrected chi connectivity index (χ1v) is 8.05. The van der Waals surface area contributed by atoms with Crippen LogP contribution >= 0.6 is 34.8 Å². The molecule has 0 bridgehead atoms. The molecule has 2 aromatic carbocycles. The van der Waals surface area contributed by atoms with Crippen LogP contribution < -0.4 is 0 Å². The summed E-state index contributed by atoms with van der Waals surface area (Å²) in [6.07, 6.45) is 4.88. The Morgan fingerprint density at radius 1 is 0.850 bits per heavy atom. The van der Waals surface area contributed by atoms with Gasteiger partial charge in [-0.05, 0) is 66.1 Å². The Balaban J connectivity index is 1.97. The standard InChI is InChI=1S/C17H15Cl3/c18-14-7-8-16(19)15(10-14)17(20)13-6-5-11-3-1-2-4-12(11)9-13/h5-10,17H,1-4H2. The van der Waals surface area contributed by atoms with Crippen LogP contribution in [0.3, 0.4) is 0 Å². The Hall–Kier alpha value is -0.690. The average molecular weight is 326 g/mol. The summed E-state index contributed by atoms with van der Waals surface area (Å²) in [4.78, 5) is 0. The van der Waals surface area contributed by atoms with Crippen molar-refractivity contribution in [3.05, 3.63) is 68.7 Å². The van der Waals surface area contributed by atoms with E-state index in [1.54, 1.807) is 12.1 Å². The maximum absolute atomic E-state index is 6.61. The molecule has 104 valence electrons. The number of aryl methyl sites for hydroxylation is 2. The van der Waals surface area contributed by atoms with E-state index in [0.717, 1.165) is 17.5 Å². The summed E-state index contributed by atoms with van der Waals surface area (Å²) in [5, 5.41) is 1.06. The molecule has 3 rings (SSSR count). The molecule has 20 heavy (non-hydrogen) atoms. The van der Waals surface area contributed by atoms with E-state index in [1.807, 2.05) is 6.07 Å². The van der Waals surface area contributed by atoms with Gasteiger partial charge in [-0.15, -0.1) is 11.6 Å². The minimum absolute atomic E-state index is 0.256. The minimum Gasteiger partial charge on any atom is -0.113 e. The van der Waals surface area contributed by atoms with Gasteiger partial charge < -0.3 is 0 Å². The van der Waals surface area contributed by atoms with Crippen LogP contribution in [0.4, 0.5) is 0 Å². The zero-order chi connectivity index (χ0) is 14.1. The van der Waals surface area contributed by atoms with Gasteiger partial charge in [-0.2, -0.15) is 0 Å². The van der Waals surface area contributed by atoms with Crippen LogP contribution in [-0.2, 0) is 12.8 Å². The highest BCUT2D eigenvalue weighted by Crippen LogP contribution is 2.36. The Bertz CT molecular complexity index is 634. The number of halogens is 3. The molecule has 3 heteroatoms. The van der Waals surface area contributed by atoms with Crippen molar-refractivity contribution in [3.63, 3.8) is 0 Å². The van der Waals surface area contributed by atoms with Gasteiger partial charge in [0.2, 0.25) is 0 Å². The highest BCUT2D eigenvalue weighted by Gasteiger charge is 2.17. The van der Waals surface area contributed by atoms with E-state index in [0.29, 0.717) is 10.0 Å². The first-order chi connectivity index (χ1) is 9.65. The second-order valence-corrected chi connectivity index (χ2v) is 6.54. The fourth-order valence-electron chi connectivity index (χ4n) is 2.80. The molecule has 0 saturated heterocycles. The monoisotopic (exact) mass is 324 g/mol. The van der Waals surface area contributed by atoms with Crippen molar-refractivity contribution in [1.82, 2.24) is 0 Å². The van der Waals surface area contributed by atoms with Gasteiger partial charge in [0.05, 0.1) is 5.38 Å². The lowest BCUT2D eigenvalue weighted by Crippen LogP contribution is -2.04. The van der Waals surface area contributed by atoms with E-state index in [2.05, 4.69) is 18.2 Å². The number of rotatable bonds is 2. The lowest BCUT2D eigenvalue weighted by molar-refractivity contribution is 0.684. The molecule has 0 amide bonds. The zero-order valence-corrected chi connectivity index (χ0v) is 13.3. The molecule has 0 saturated carbocycles. The third kappa shape index (κ3) is 2.83. The van der Waals surface area contributed by atoms with Crippen molar-refractivity contribution < 1.29 is 0 Å². The molecular weight excluding hydrogens is 311 g/mol. The number of hydrogen-bond donors (Lipinski definition) is 0. The summed E-state index contributed by atoms with van der Waals surface area (Å²) in [5.41, 5.74) is 4.85. The third-order valence-corrected chi connectivity index (χ3v) is 4.96. The van der Waals surface area contributed by atoms with Crippen molar-refractivity contribution in [2.45, 2.75) is 31.1 Å². The molecule has 0 fully saturated rings. The van der Waals surface area contributed by atoms with Crippen molar-refractivity contribution in [2.75, 3.05) is 0 Å². The van der Waals surface area contributed by atoms with E-state index in [1.165, 1.54) is 30.4 Å². The maximum Gasteiger partial charge on any atom is 0.0850 e. The van der Waals surface area contributed by atoms with Gasteiger partial charge in [0.25, 0.3) is 0 Å². The summed E-state index contributed by atoms with van der Waals surface area (Å²) < 4.78 is 0. The molecule has 0 radical (unpaired) electrons. The van der Waals surface area contributed by atoms with Crippen molar-refractivity contribution in [2.24, 2.45) is 0 Å². The topological polar surface area (TPSA) is 0 Å². The summed E-state index contributed by atoms with van der Waals surface area (Å²) >= 11 is 18.9. The highest BCUT2D eigenvalue weighted by atomic mass is 35.5. The summed E-state index contributed by atoms with van der Waals surface area (Å²) in [6, 6.07) is 12.0. The highest BCUT2D eigenvalue weighted by molar-refractivity contribution is 6.35. The van der Waals surface area contributed by atoms with E-state index < -0.39 is 0 Å². The number of hydrogen-bond acceptors (Lipinski definition) is 0. The maximum atomic E-state index is 6.61.